The molecule has 1 aliphatic carbocycles. The predicted molar refractivity (Wildman–Crippen MR) is 93.8 cm³/mol. The van der Waals surface area contributed by atoms with Gasteiger partial charge in [-0.15, -0.1) is 0 Å². The molecular weight excluding hydrogens is 330 g/mol. The lowest BCUT2D eigenvalue weighted by atomic mass is 9.76. The number of nitrogens with zero attached hydrogens (tertiary/aromatic N) is 5. The molecule has 0 atom stereocenters. The van der Waals surface area contributed by atoms with Crippen molar-refractivity contribution >= 4 is 17.5 Å². The van der Waals surface area contributed by atoms with Gasteiger partial charge in [0.25, 0.3) is 0 Å². The Morgan fingerprint density at radius 2 is 1.65 bits per heavy atom. The highest BCUT2D eigenvalue weighted by molar-refractivity contribution is 6.00. The van der Waals surface area contributed by atoms with Gasteiger partial charge < -0.3 is 9.80 Å². The first-order chi connectivity index (χ1) is 12.6. The van der Waals surface area contributed by atoms with Gasteiger partial charge in [-0.1, -0.05) is 12.8 Å². The standard InChI is InChI=1S/C19H23N5O2/c20-13-19(3-1-2-4-19)16(25)23-8-5-18(6-9-23)7-10-24(17(18)26)15-11-21-14-22-12-15/h11-12,14H,1-10H2. The molecule has 0 radical (unpaired) electrons. The van der Waals surface area contributed by atoms with Crippen molar-refractivity contribution in [1.82, 2.24) is 14.9 Å². The van der Waals surface area contributed by atoms with Crippen LogP contribution in [-0.4, -0.2) is 46.3 Å². The molecule has 1 aromatic heterocycles. The number of aromatic nitrogens is 2. The highest BCUT2D eigenvalue weighted by Crippen LogP contribution is 2.45. The van der Waals surface area contributed by atoms with Gasteiger partial charge in [0.1, 0.15) is 11.7 Å². The third kappa shape index (κ3) is 2.56. The number of rotatable bonds is 2. The van der Waals surface area contributed by atoms with E-state index in [0.29, 0.717) is 45.3 Å². The van der Waals surface area contributed by atoms with E-state index in [9.17, 15) is 14.9 Å². The summed E-state index contributed by atoms with van der Waals surface area (Å²) in [6.07, 6.45) is 10.2. The van der Waals surface area contributed by atoms with E-state index in [4.69, 9.17) is 0 Å². The Kier molecular flexibility index (Phi) is 4.14. The highest BCUT2D eigenvalue weighted by atomic mass is 16.2. The molecule has 26 heavy (non-hydrogen) atoms. The van der Waals surface area contributed by atoms with E-state index in [1.54, 1.807) is 17.3 Å². The molecule has 3 aliphatic rings. The zero-order chi connectivity index (χ0) is 18.2. The Bertz CT molecular complexity index is 743. The summed E-state index contributed by atoms with van der Waals surface area (Å²) in [5.74, 6) is 0.0985. The second-order valence-electron chi connectivity index (χ2n) is 7.78. The van der Waals surface area contributed by atoms with Crippen LogP contribution in [0.4, 0.5) is 5.69 Å². The minimum Gasteiger partial charge on any atom is -0.341 e. The van der Waals surface area contributed by atoms with Crippen molar-refractivity contribution < 1.29 is 9.59 Å². The van der Waals surface area contributed by atoms with Gasteiger partial charge in [-0.3, -0.25) is 9.59 Å². The Hall–Kier alpha value is -2.49. The van der Waals surface area contributed by atoms with Crippen LogP contribution in [0.15, 0.2) is 18.7 Å². The van der Waals surface area contributed by atoms with Crippen LogP contribution in [0.25, 0.3) is 0 Å². The second-order valence-corrected chi connectivity index (χ2v) is 7.78. The number of carbonyl (C=O) groups excluding carboxylic acids is 2. The van der Waals surface area contributed by atoms with Crippen LogP contribution < -0.4 is 4.90 Å². The van der Waals surface area contributed by atoms with E-state index in [1.165, 1.54) is 6.33 Å². The van der Waals surface area contributed by atoms with Crippen molar-refractivity contribution in [2.75, 3.05) is 24.5 Å². The fourth-order valence-corrected chi connectivity index (χ4v) is 4.75. The van der Waals surface area contributed by atoms with Crippen molar-refractivity contribution in [2.45, 2.75) is 44.9 Å². The summed E-state index contributed by atoms with van der Waals surface area (Å²) in [6, 6.07) is 2.29. The molecule has 4 rings (SSSR count). The number of hydrogen-bond donors (Lipinski definition) is 0. The van der Waals surface area contributed by atoms with Crippen LogP contribution >= 0.6 is 0 Å². The summed E-state index contributed by atoms with van der Waals surface area (Å²) >= 11 is 0. The van der Waals surface area contributed by atoms with Gasteiger partial charge in [0.15, 0.2) is 0 Å². The number of piperidine rings is 1. The molecule has 2 amide bonds. The molecule has 0 aromatic carbocycles. The maximum Gasteiger partial charge on any atom is 0.243 e. The molecule has 7 nitrogen and oxygen atoms in total. The first kappa shape index (κ1) is 17.0. The van der Waals surface area contributed by atoms with Crippen molar-refractivity contribution in [3.8, 4) is 6.07 Å². The van der Waals surface area contributed by atoms with Crippen LogP contribution in [0.3, 0.4) is 0 Å². The first-order valence-electron chi connectivity index (χ1n) is 9.38. The normalized spacial score (nSPS) is 24.0. The average molecular weight is 353 g/mol. The molecule has 1 spiro atoms. The SMILES string of the molecule is N#CC1(C(=O)N2CCC3(CC2)CCN(c2cncnc2)C3=O)CCCC1. The lowest BCUT2D eigenvalue weighted by Crippen LogP contribution is -2.50. The van der Waals surface area contributed by atoms with Crippen LogP contribution in [-0.2, 0) is 9.59 Å². The number of nitriles is 1. The predicted octanol–water partition coefficient (Wildman–Crippen LogP) is 1.91. The van der Waals surface area contributed by atoms with Gasteiger partial charge in [0.2, 0.25) is 11.8 Å². The molecule has 7 heteroatoms. The maximum atomic E-state index is 13.0. The monoisotopic (exact) mass is 353 g/mol. The zero-order valence-corrected chi connectivity index (χ0v) is 14.9. The fourth-order valence-electron chi connectivity index (χ4n) is 4.75. The lowest BCUT2D eigenvalue weighted by Gasteiger charge is -2.40. The molecular formula is C19H23N5O2. The summed E-state index contributed by atoms with van der Waals surface area (Å²) in [4.78, 5) is 37.6. The number of carbonyl (C=O) groups is 2. The number of anilines is 1. The van der Waals surface area contributed by atoms with E-state index in [1.807, 2.05) is 4.90 Å². The van der Waals surface area contributed by atoms with Crippen LogP contribution in [0.1, 0.15) is 44.9 Å². The maximum absolute atomic E-state index is 13.0. The molecule has 0 bridgehead atoms. The average Bonchev–Trinajstić information content (AvgIpc) is 3.30. The Morgan fingerprint density at radius 1 is 1.04 bits per heavy atom. The summed E-state index contributed by atoms with van der Waals surface area (Å²) in [6.45, 7) is 1.79. The lowest BCUT2D eigenvalue weighted by molar-refractivity contribution is -0.143. The van der Waals surface area contributed by atoms with E-state index in [2.05, 4.69) is 16.0 Å². The van der Waals surface area contributed by atoms with Crippen molar-refractivity contribution in [1.29, 1.82) is 5.26 Å². The smallest absolute Gasteiger partial charge is 0.243 e. The Morgan fingerprint density at radius 3 is 2.27 bits per heavy atom. The molecule has 2 saturated heterocycles. The summed E-state index contributed by atoms with van der Waals surface area (Å²) in [5.41, 5.74) is -0.470. The fraction of sp³-hybridized carbons (Fsp3) is 0.632. The minimum absolute atomic E-state index is 0.0221. The van der Waals surface area contributed by atoms with Crippen molar-refractivity contribution in [2.24, 2.45) is 10.8 Å². The van der Waals surface area contributed by atoms with Crippen LogP contribution in [0, 0.1) is 22.2 Å². The quantitative estimate of drug-likeness (QED) is 0.810. The summed E-state index contributed by atoms with van der Waals surface area (Å²) < 4.78 is 0. The molecule has 0 N–H and O–H groups in total. The topological polar surface area (TPSA) is 90.2 Å². The van der Waals surface area contributed by atoms with Gasteiger partial charge >= 0.3 is 0 Å². The van der Waals surface area contributed by atoms with Gasteiger partial charge in [-0.25, -0.2) is 9.97 Å². The molecule has 1 aromatic rings. The number of hydrogen-bond acceptors (Lipinski definition) is 5. The van der Waals surface area contributed by atoms with Gasteiger partial charge in [-0.05, 0) is 32.1 Å². The van der Waals surface area contributed by atoms with Crippen molar-refractivity contribution in [3.63, 3.8) is 0 Å². The Labute approximate surface area is 153 Å². The third-order valence-electron chi connectivity index (χ3n) is 6.46. The summed E-state index contributed by atoms with van der Waals surface area (Å²) in [7, 11) is 0. The van der Waals surface area contributed by atoms with Gasteiger partial charge in [-0.2, -0.15) is 5.26 Å². The highest BCUT2D eigenvalue weighted by Gasteiger charge is 2.51. The van der Waals surface area contributed by atoms with Crippen LogP contribution in [0.5, 0.6) is 0 Å². The largest absolute Gasteiger partial charge is 0.341 e. The minimum atomic E-state index is -0.822. The van der Waals surface area contributed by atoms with E-state index in [-0.39, 0.29) is 17.2 Å². The molecule has 0 unspecified atom stereocenters. The Balaban J connectivity index is 1.45. The second kappa shape index (κ2) is 6.35. The van der Waals surface area contributed by atoms with Gasteiger partial charge in [0.05, 0.1) is 29.6 Å². The van der Waals surface area contributed by atoms with E-state index in [0.717, 1.165) is 24.9 Å². The first-order valence-corrected chi connectivity index (χ1v) is 9.38. The number of amides is 2. The molecule has 136 valence electrons. The van der Waals surface area contributed by atoms with E-state index >= 15 is 0 Å². The van der Waals surface area contributed by atoms with Crippen molar-refractivity contribution in [3.05, 3.63) is 18.7 Å². The molecule has 2 aliphatic heterocycles. The van der Waals surface area contributed by atoms with Crippen LogP contribution in [0.2, 0.25) is 0 Å². The molecule has 1 saturated carbocycles. The third-order valence-corrected chi connectivity index (χ3v) is 6.46. The number of likely N-dealkylation sites (tertiary alicyclic amines) is 1. The summed E-state index contributed by atoms with van der Waals surface area (Å²) in [5, 5.41) is 9.56. The molecule has 3 fully saturated rings. The van der Waals surface area contributed by atoms with Gasteiger partial charge in [0, 0.05) is 19.6 Å². The van der Waals surface area contributed by atoms with E-state index < -0.39 is 5.41 Å². The zero-order valence-electron chi connectivity index (χ0n) is 14.9. The molecule has 3 heterocycles.